The number of likely N-dealkylation sites (N-methyl/N-ethyl adjacent to an activating group) is 1. The molecule has 18 heavy (non-hydrogen) atoms. The molecular formula is C14H17FN2S. The highest BCUT2D eigenvalue weighted by atomic mass is 32.1. The van der Waals surface area contributed by atoms with Gasteiger partial charge in [-0.3, -0.25) is 4.90 Å². The molecule has 0 unspecified atom stereocenters. The van der Waals surface area contributed by atoms with Gasteiger partial charge in [-0.05, 0) is 36.7 Å². The van der Waals surface area contributed by atoms with Gasteiger partial charge in [-0.2, -0.15) is 0 Å². The van der Waals surface area contributed by atoms with Crippen LogP contribution in [0, 0.1) is 5.82 Å². The van der Waals surface area contributed by atoms with E-state index in [9.17, 15) is 4.39 Å². The summed E-state index contributed by atoms with van der Waals surface area (Å²) in [4.78, 5) is 3.61. The van der Waals surface area contributed by atoms with Crippen LogP contribution in [-0.4, -0.2) is 25.0 Å². The van der Waals surface area contributed by atoms with E-state index in [0.29, 0.717) is 0 Å². The van der Waals surface area contributed by atoms with E-state index in [1.54, 1.807) is 17.4 Å². The Kier molecular flexibility index (Phi) is 4.73. The van der Waals surface area contributed by atoms with E-state index in [0.717, 1.165) is 25.3 Å². The van der Waals surface area contributed by atoms with Crippen molar-refractivity contribution in [1.82, 2.24) is 4.90 Å². The van der Waals surface area contributed by atoms with E-state index in [4.69, 9.17) is 0 Å². The van der Waals surface area contributed by atoms with Crippen LogP contribution in [0.15, 0.2) is 41.8 Å². The molecule has 0 saturated carbocycles. The number of hydrogen-bond acceptors (Lipinski definition) is 3. The maximum absolute atomic E-state index is 13.0. The number of benzene rings is 1. The van der Waals surface area contributed by atoms with Crippen molar-refractivity contribution in [3.05, 3.63) is 52.5 Å². The number of rotatable bonds is 6. The number of anilines is 1. The van der Waals surface area contributed by atoms with Gasteiger partial charge in [-0.1, -0.05) is 12.1 Å². The maximum atomic E-state index is 13.0. The lowest BCUT2D eigenvalue weighted by atomic mass is 10.3. The molecule has 1 aromatic carbocycles. The van der Waals surface area contributed by atoms with E-state index in [2.05, 4.69) is 34.8 Å². The number of hydrogen-bond donors (Lipinski definition) is 1. The second kappa shape index (κ2) is 6.52. The monoisotopic (exact) mass is 264 g/mol. The molecule has 0 saturated heterocycles. The standard InChI is InChI=1S/C14H17FN2S/c1-17(11-14-6-3-9-18-14)8-7-16-13-5-2-4-12(15)10-13/h2-6,9-10,16H,7-8,11H2,1H3. The van der Waals surface area contributed by atoms with Gasteiger partial charge in [0.1, 0.15) is 5.82 Å². The Morgan fingerprint density at radius 3 is 2.89 bits per heavy atom. The number of nitrogens with one attached hydrogen (secondary N) is 1. The van der Waals surface area contributed by atoms with Crippen LogP contribution in [0.4, 0.5) is 10.1 Å². The lowest BCUT2D eigenvalue weighted by Gasteiger charge is -2.16. The molecule has 0 atom stereocenters. The first-order valence-corrected chi connectivity index (χ1v) is 6.82. The average molecular weight is 264 g/mol. The van der Waals surface area contributed by atoms with Crippen LogP contribution in [0.5, 0.6) is 0 Å². The van der Waals surface area contributed by atoms with Crippen molar-refractivity contribution in [3.8, 4) is 0 Å². The lowest BCUT2D eigenvalue weighted by molar-refractivity contribution is 0.343. The molecule has 1 aromatic heterocycles. The van der Waals surface area contributed by atoms with Gasteiger partial charge in [-0.15, -0.1) is 11.3 Å². The van der Waals surface area contributed by atoms with Gasteiger partial charge in [-0.25, -0.2) is 4.39 Å². The third-order valence-corrected chi connectivity index (χ3v) is 3.51. The SMILES string of the molecule is CN(CCNc1cccc(F)c1)Cc1cccs1. The van der Waals surface area contributed by atoms with Crippen molar-refractivity contribution in [1.29, 1.82) is 0 Å². The lowest BCUT2D eigenvalue weighted by Crippen LogP contribution is -2.24. The first-order valence-electron chi connectivity index (χ1n) is 5.94. The molecule has 0 aliphatic rings. The predicted molar refractivity (Wildman–Crippen MR) is 75.5 cm³/mol. The molecule has 2 rings (SSSR count). The van der Waals surface area contributed by atoms with Crippen LogP contribution in [0.25, 0.3) is 0 Å². The van der Waals surface area contributed by atoms with Crippen LogP contribution >= 0.6 is 11.3 Å². The van der Waals surface area contributed by atoms with Gasteiger partial charge in [0.2, 0.25) is 0 Å². The summed E-state index contributed by atoms with van der Waals surface area (Å²) < 4.78 is 13.0. The van der Waals surface area contributed by atoms with Crippen LogP contribution in [0.2, 0.25) is 0 Å². The average Bonchev–Trinajstić information content (AvgIpc) is 2.82. The molecule has 4 heteroatoms. The molecule has 0 radical (unpaired) electrons. The highest BCUT2D eigenvalue weighted by Crippen LogP contribution is 2.11. The van der Waals surface area contributed by atoms with Crippen molar-refractivity contribution in [2.75, 3.05) is 25.5 Å². The number of nitrogens with zero attached hydrogens (tertiary/aromatic N) is 1. The van der Waals surface area contributed by atoms with E-state index in [-0.39, 0.29) is 5.82 Å². The Morgan fingerprint density at radius 2 is 2.17 bits per heavy atom. The molecule has 96 valence electrons. The van der Waals surface area contributed by atoms with Gasteiger partial charge in [0.15, 0.2) is 0 Å². The van der Waals surface area contributed by atoms with Gasteiger partial charge in [0.05, 0.1) is 0 Å². The molecule has 0 amide bonds. The van der Waals surface area contributed by atoms with Gasteiger partial charge >= 0.3 is 0 Å². The number of halogens is 1. The summed E-state index contributed by atoms with van der Waals surface area (Å²) in [6.07, 6.45) is 0. The fourth-order valence-corrected chi connectivity index (χ4v) is 2.52. The van der Waals surface area contributed by atoms with Crippen molar-refractivity contribution in [2.24, 2.45) is 0 Å². The minimum Gasteiger partial charge on any atom is -0.384 e. The zero-order chi connectivity index (χ0) is 12.8. The summed E-state index contributed by atoms with van der Waals surface area (Å²) in [5.74, 6) is -0.202. The van der Waals surface area contributed by atoms with Crippen molar-refractivity contribution >= 4 is 17.0 Å². The van der Waals surface area contributed by atoms with Crippen LogP contribution in [0.1, 0.15) is 4.88 Å². The first kappa shape index (κ1) is 13.1. The van der Waals surface area contributed by atoms with Gasteiger partial charge in [0, 0.05) is 30.2 Å². The van der Waals surface area contributed by atoms with Crippen molar-refractivity contribution in [3.63, 3.8) is 0 Å². The van der Waals surface area contributed by atoms with E-state index < -0.39 is 0 Å². The number of thiophene rings is 1. The highest BCUT2D eigenvalue weighted by Gasteiger charge is 2.01. The largest absolute Gasteiger partial charge is 0.384 e. The Balaban J connectivity index is 1.72. The van der Waals surface area contributed by atoms with Gasteiger partial charge in [0.25, 0.3) is 0 Å². The van der Waals surface area contributed by atoms with E-state index in [1.165, 1.54) is 17.0 Å². The fraction of sp³-hybridized carbons (Fsp3) is 0.286. The Labute approximate surface area is 111 Å². The van der Waals surface area contributed by atoms with Crippen LogP contribution < -0.4 is 5.32 Å². The van der Waals surface area contributed by atoms with Crippen LogP contribution in [-0.2, 0) is 6.54 Å². The second-order valence-electron chi connectivity index (χ2n) is 4.25. The summed E-state index contributed by atoms with van der Waals surface area (Å²) in [6.45, 7) is 2.70. The molecule has 0 spiro atoms. The predicted octanol–water partition coefficient (Wildman–Crippen LogP) is 3.43. The Morgan fingerprint density at radius 1 is 1.28 bits per heavy atom. The fourth-order valence-electron chi connectivity index (χ4n) is 1.74. The molecule has 0 bridgehead atoms. The van der Waals surface area contributed by atoms with E-state index >= 15 is 0 Å². The molecule has 0 aliphatic carbocycles. The molecule has 2 nitrogen and oxygen atoms in total. The summed E-state index contributed by atoms with van der Waals surface area (Å²) in [5.41, 5.74) is 0.833. The quantitative estimate of drug-likeness (QED) is 0.860. The Bertz CT molecular complexity index is 470. The highest BCUT2D eigenvalue weighted by molar-refractivity contribution is 7.09. The minimum absolute atomic E-state index is 0.202. The van der Waals surface area contributed by atoms with Crippen molar-refractivity contribution < 1.29 is 4.39 Å². The van der Waals surface area contributed by atoms with Gasteiger partial charge < -0.3 is 5.32 Å². The summed E-state index contributed by atoms with van der Waals surface area (Å²) in [6, 6.07) is 10.8. The topological polar surface area (TPSA) is 15.3 Å². The molecule has 2 aromatic rings. The summed E-state index contributed by atoms with van der Waals surface area (Å²) >= 11 is 1.77. The zero-order valence-corrected chi connectivity index (χ0v) is 11.2. The minimum atomic E-state index is -0.202. The smallest absolute Gasteiger partial charge is 0.125 e. The van der Waals surface area contributed by atoms with Crippen LogP contribution in [0.3, 0.4) is 0 Å². The van der Waals surface area contributed by atoms with E-state index in [1.807, 2.05) is 6.07 Å². The maximum Gasteiger partial charge on any atom is 0.125 e. The molecule has 0 fully saturated rings. The summed E-state index contributed by atoms with van der Waals surface area (Å²) in [7, 11) is 2.09. The molecule has 0 aliphatic heterocycles. The summed E-state index contributed by atoms with van der Waals surface area (Å²) in [5, 5.41) is 5.31. The molecular weight excluding hydrogens is 247 g/mol. The first-order chi connectivity index (χ1) is 8.74. The molecule has 1 N–H and O–H groups in total. The normalized spacial score (nSPS) is 10.8. The third kappa shape index (κ3) is 4.13. The molecule has 1 heterocycles. The second-order valence-corrected chi connectivity index (χ2v) is 5.29. The van der Waals surface area contributed by atoms with Crippen molar-refractivity contribution in [2.45, 2.75) is 6.54 Å². The zero-order valence-electron chi connectivity index (χ0n) is 10.4. The Hall–Kier alpha value is -1.39. The third-order valence-electron chi connectivity index (χ3n) is 2.65.